The van der Waals surface area contributed by atoms with Gasteiger partial charge in [0.1, 0.15) is 11.5 Å². The predicted molar refractivity (Wildman–Crippen MR) is 78.1 cm³/mol. The summed E-state index contributed by atoms with van der Waals surface area (Å²) in [4.78, 5) is 11.7. The lowest BCUT2D eigenvalue weighted by Gasteiger charge is -2.09. The van der Waals surface area contributed by atoms with Crippen LogP contribution in [0.4, 0.5) is 11.4 Å². The first-order chi connectivity index (χ1) is 9.54. The lowest BCUT2D eigenvalue weighted by atomic mass is 10.2. The maximum atomic E-state index is 11.7. The van der Waals surface area contributed by atoms with Crippen molar-refractivity contribution in [1.29, 1.82) is 0 Å². The van der Waals surface area contributed by atoms with Crippen molar-refractivity contribution < 1.29 is 14.6 Å². The average Bonchev–Trinajstić information content (AvgIpc) is 2.41. The largest absolute Gasteiger partial charge is 0.508 e. The summed E-state index contributed by atoms with van der Waals surface area (Å²) >= 11 is 5.74. The molecular weight excluding hydrogens is 280 g/mol. The molecule has 0 heterocycles. The molecule has 0 atom stereocenters. The van der Waals surface area contributed by atoms with Gasteiger partial charge in [-0.1, -0.05) is 11.6 Å². The van der Waals surface area contributed by atoms with Crippen LogP contribution >= 0.6 is 11.6 Å². The minimum absolute atomic E-state index is 0.0397. The van der Waals surface area contributed by atoms with Gasteiger partial charge in [-0.3, -0.25) is 4.79 Å². The van der Waals surface area contributed by atoms with Gasteiger partial charge in [-0.25, -0.2) is 0 Å². The van der Waals surface area contributed by atoms with Crippen molar-refractivity contribution in [2.45, 2.75) is 0 Å². The fourth-order valence-corrected chi connectivity index (χ4v) is 1.66. The number of hydrogen-bond donors (Lipinski definition) is 3. The number of nitrogens with two attached hydrogens (primary N) is 1. The van der Waals surface area contributed by atoms with Gasteiger partial charge in [-0.2, -0.15) is 0 Å². The summed E-state index contributed by atoms with van der Waals surface area (Å²) in [6.07, 6.45) is 0. The van der Waals surface area contributed by atoms with Crippen LogP contribution < -0.4 is 15.8 Å². The summed E-state index contributed by atoms with van der Waals surface area (Å²) in [5.74, 6) is 0.235. The lowest BCUT2D eigenvalue weighted by Crippen LogP contribution is -2.20. The highest BCUT2D eigenvalue weighted by Crippen LogP contribution is 2.23. The number of carbonyl (C=O) groups is 1. The van der Waals surface area contributed by atoms with Crippen molar-refractivity contribution in [1.82, 2.24) is 0 Å². The molecule has 0 aliphatic rings. The minimum atomic E-state index is -0.350. The number of amides is 1. The molecule has 2 aromatic carbocycles. The minimum Gasteiger partial charge on any atom is -0.508 e. The van der Waals surface area contributed by atoms with Crippen LogP contribution in [0.25, 0.3) is 0 Å². The van der Waals surface area contributed by atoms with Crippen molar-refractivity contribution in [3.8, 4) is 11.5 Å². The highest BCUT2D eigenvalue weighted by Gasteiger charge is 2.07. The predicted octanol–water partition coefficient (Wildman–Crippen LogP) is 2.65. The van der Waals surface area contributed by atoms with E-state index in [9.17, 15) is 9.90 Å². The van der Waals surface area contributed by atoms with Crippen LogP contribution in [0.2, 0.25) is 5.02 Å². The molecule has 0 radical (unpaired) electrons. The Bertz CT molecular complexity index is 614. The van der Waals surface area contributed by atoms with Crippen LogP contribution in [0, 0.1) is 0 Å². The van der Waals surface area contributed by atoms with E-state index in [4.69, 9.17) is 22.1 Å². The molecule has 0 bridgehead atoms. The zero-order valence-corrected chi connectivity index (χ0v) is 11.2. The fourth-order valence-electron chi connectivity index (χ4n) is 1.53. The topological polar surface area (TPSA) is 84.6 Å². The van der Waals surface area contributed by atoms with Gasteiger partial charge >= 0.3 is 0 Å². The monoisotopic (exact) mass is 292 g/mol. The van der Waals surface area contributed by atoms with Gasteiger partial charge in [-0.05, 0) is 36.4 Å². The van der Waals surface area contributed by atoms with Crippen LogP contribution in [0.3, 0.4) is 0 Å². The Morgan fingerprint density at radius 3 is 2.60 bits per heavy atom. The van der Waals surface area contributed by atoms with Crippen LogP contribution in [0.15, 0.2) is 42.5 Å². The number of nitrogens with one attached hydrogen (secondary N) is 1. The molecule has 0 saturated carbocycles. The third kappa shape index (κ3) is 3.80. The number of aromatic hydroxyl groups is 1. The Labute approximate surface area is 120 Å². The molecule has 4 N–H and O–H groups in total. The summed E-state index contributed by atoms with van der Waals surface area (Å²) in [6.45, 7) is -0.151. The fraction of sp³-hybridized carbons (Fsp3) is 0.0714. The van der Waals surface area contributed by atoms with E-state index >= 15 is 0 Å². The SMILES string of the molecule is Nc1cc(O)ccc1NC(=O)COc1ccc(Cl)cc1. The average molecular weight is 293 g/mol. The molecule has 0 spiro atoms. The molecule has 0 aromatic heterocycles. The van der Waals surface area contributed by atoms with Crippen molar-refractivity contribution >= 4 is 28.9 Å². The van der Waals surface area contributed by atoms with Gasteiger partial charge in [0.25, 0.3) is 5.91 Å². The Hall–Kier alpha value is -2.40. The van der Waals surface area contributed by atoms with Crippen LogP contribution in [-0.4, -0.2) is 17.6 Å². The number of hydrogen-bond acceptors (Lipinski definition) is 4. The van der Waals surface area contributed by atoms with E-state index in [1.807, 2.05) is 0 Å². The summed E-state index contributed by atoms with van der Waals surface area (Å²) in [5, 5.41) is 12.4. The molecule has 0 aliphatic carbocycles. The number of halogens is 1. The molecule has 0 saturated heterocycles. The lowest BCUT2D eigenvalue weighted by molar-refractivity contribution is -0.118. The number of ether oxygens (including phenoxy) is 1. The van der Waals surface area contributed by atoms with Crippen molar-refractivity contribution in [2.75, 3.05) is 17.7 Å². The molecule has 20 heavy (non-hydrogen) atoms. The van der Waals surface area contributed by atoms with Crippen LogP contribution in [-0.2, 0) is 4.79 Å². The Kier molecular flexibility index (Phi) is 4.32. The van der Waals surface area contributed by atoms with E-state index < -0.39 is 0 Å². The number of anilines is 2. The second kappa shape index (κ2) is 6.16. The maximum absolute atomic E-state index is 11.7. The van der Waals surface area contributed by atoms with Crippen LogP contribution in [0.5, 0.6) is 11.5 Å². The standard InChI is InChI=1S/C14H13ClN2O3/c15-9-1-4-11(5-2-9)20-8-14(19)17-13-6-3-10(18)7-12(13)16/h1-7,18H,8,16H2,(H,17,19). The van der Waals surface area contributed by atoms with E-state index in [1.165, 1.54) is 18.2 Å². The van der Waals surface area contributed by atoms with E-state index in [2.05, 4.69) is 5.32 Å². The number of rotatable bonds is 4. The molecule has 0 aliphatic heterocycles. The van der Waals surface area contributed by atoms with E-state index in [1.54, 1.807) is 24.3 Å². The molecular formula is C14H13ClN2O3. The molecule has 6 heteroatoms. The summed E-state index contributed by atoms with van der Waals surface area (Å²) in [7, 11) is 0. The highest BCUT2D eigenvalue weighted by molar-refractivity contribution is 6.30. The first-order valence-corrected chi connectivity index (χ1v) is 6.19. The molecule has 5 nitrogen and oxygen atoms in total. The maximum Gasteiger partial charge on any atom is 0.262 e. The summed E-state index contributed by atoms with van der Waals surface area (Å²) in [5.41, 5.74) is 6.37. The number of phenolic OH excluding ortho intramolecular Hbond substituents is 1. The molecule has 0 unspecified atom stereocenters. The molecule has 104 valence electrons. The van der Waals surface area contributed by atoms with Gasteiger partial charge in [0, 0.05) is 11.1 Å². The highest BCUT2D eigenvalue weighted by atomic mass is 35.5. The first kappa shape index (κ1) is 14.0. The van der Waals surface area contributed by atoms with Crippen LogP contribution in [0.1, 0.15) is 0 Å². The zero-order valence-electron chi connectivity index (χ0n) is 10.5. The third-order valence-corrected chi connectivity index (χ3v) is 2.74. The van der Waals surface area contributed by atoms with Gasteiger partial charge in [0.2, 0.25) is 0 Å². The second-order valence-electron chi connectivity index (χ2n) is 4.06. The number of carbonyl (C=O) groups excluding carboxylic acids is 1. The number of benzene rings is 2. The normalized spacial score (nSPS) is 10.1. The van der Waals surface area contributed by atoms with E-state index in [0.717, 1.165) is 0 Å². The smallest absolute Gasteiger partial charge is 0.262 e. The third-order valence-electron chi connectivity index (χ3n) is 2.49. The zero-order chi connectivity index (χ0) is 14.5. The first-order valence-electron chi connectivity index (χ1n) is 5.81. The van der Waals surface area contributed by atoms with Crippen molar-refractivity contribution in [3.05, 3.63) is 47.5 Å². The Balaban J connectivity index is 1.90. The number of nitrogen functional groups attached to an aromatic ring is 1. The summed E-state index contributed by atoms with van der Waals surface area (Å²) < 4.78 is 5.30. The molecule has 1 amide bonds. The Morgan fingerprint density at radius 2 is 1.95 bits per heavy atom. The van der Waals surface area contributed by atoms with Gasteiger partial charge in [-0.15, -0.1) is 0 Å². The van der Waals surface area contributed by atoms with Crippen molar-refractivity contribution in [3.63, 3.8) is 0 Å². The van der Waals surface area contributed by atoms with Gasteiger partial charge in [0.05, 0.1) is 11.4 Å². The van der Waals surface area contributed by atoms with E-state index in [-0.39, 0.29) is 24.0 Å². The summed E-state index contributed by atoms with van der Waals surface area (Å²) in [6, 6.07) is 11.0. The molecule has 2 rings (SSSR count). The van der Waals surface area contributed by atoms with Crippen molar-refractivity contribution in [2.24, 2.45) is 0 Å². The van der Waals surface area contributed by atoms with Gasteiger partial charge < -0.3 is 20.9 Å². The second-order valence-corrected chi connectivity index (χ2v) is 4.50. The molecule has 0 fully saturated rings. The van der Waals surface area contributed by atoms with E-state index in [0.29, 0.717) is 16.5 Å². The number of phenols is 1. The quantitative estimate of drug-likeness (QED) is 0.597. The molecule has 2 aromatic rings. The van der Waals surface area contributed by atoms with Gasteiger partial charge in [0.15, 0.2) is 6.61 Å². The Morgan fingerprint density at radius 1 is 1.25 bits per heavy atom.